The zero-order chi connectivity index (χ0) is 14.4. The van der Waals surface area contributed by atoms with Crippen molar-refractivity contribution < 1.29 is 0 Å². The Kier molecular flexibility index (Phi) is 6.35. The second-order valence-electron chi connectivity index (χ2n) is 8.12. The Hall–Kier alpha value is -0.0800. The zero-order valence-electron chi connectivity index (χ0n) is 14.1. The van der Waals surface area contributed by atoms with Crippen molar-refractivity contribution in [2.75, 3.05) is 26.2 Å². The highest BCUT2D eigenvalue weighted by Crippen LogP contribution is 2.36. The largest absolute Gasteiger partial charge is 0.313 e. The lowest BCUT2D eigenvalue weighted by Gasteiger charge is -2.30. The van der Waals surface area contributed by atoms with Gasteiger partial charge in [-0.3, -0.25) is 0 Å². The normalized spacial score (nSPS) is 30.1. The summed E-state index contributed by atoms with van der Waals surface area (Å²) in [7, 11) is 0. The van der Waals surface area contributed by atoms with E-state index in [0.29, 0.717) is 5.41 Å². The number of hydrogen-bond donors (Lipinski definition) is 1. The van der Waals surface area contributed by atoms with Crippen LogP contribution in [0.25, 0.3) is 0 Å². The van der Waals surface area contributed by atoms with E-state index in [2.05, 4.69) is 31.0 Å². The van der Waals surface area contributed by atoms with Crippen LogP contribution in [0.2, 0.25) is 0 Å². The van der Waals surface area contributed by atoms with E-state index in [0.717, 1.165) is 12.0 Å². The maximum atomic E-state index is 3.84. The lowest BCUT2D eigenvalue weighted by molar-refractivity contribution is 0.211. The van der Waals surface area contributed by atoms with Gasteiger partial charge in [0.15, 0.2) is 0 Å². The van der Waals surface area contributed by atoms with E-state index < -0.39 is 0 Å². The molecular formula is C18H36N2. The number of likely N-dealkylation sites (tertiary alicyclic amines) is 1. The molecule has 1 saturated heterocycles. The van der Waals surface area contributed by atoms with Crippen molar-refractivity contribution in [1.29, 1.82) is 0 Å². The van der Waals surface area contributed by atoms with Crippen molar-refractivity contribution >= 4 is 0 Å². The Morgan fingerprint density at radius 2 is 1.65 bits per heavy atom. The van der Waals surface area contributed by atoms with Crippen LogP contribution < -0.4 is 5.32 Å². The summed E-state index contributed by atoms with van der Waals surface area (Å²) in [6, 6.07) is 0.784. The third kappa shape index (κ3) is 5.37. The fraction of sp³-hybridized carbons (Fsp3) is 1.00. The van der Waals surface area contributed by atoms with Crippen LogP contribution in [0.15, 0.2) is 0 Å². The molecular weight excluding hydrogens is 244 g/mol. The Morgan fingerprint density at radius 1 is 0.900 bits per heavy atom. The molecule has 1 N–H and O–H groups in total. The molecule has 0 aromatic carbocycles. The van der Waals surface area contributed by atoms with Gasteiger partial charge in [0.25, 0.3) is 0 Å². The van der Waals surface area contributed by atoms with Gasteiger partial charge in [-0.2, -0.15) is 0 Å². The predicted octanol–water partition coefficient (Wildman–Crippen LogP) is 4.06. The summed E-state index contributed by atoms with van der Waals surface area (Å²) in [4.78, 5) is 2.64. The van der Waals surface area contributed by atoms with Gasteiger partial charge >= 0.3 is 0 Å². The number of nitrogens with zero attached hydrogens (tertiary/aromatic N) is 1. The molecule has 0 amide bonds. The molecule has 1 heterocycles. The maximum absolute atomic E-state index is 3.84. The molecule has 0 radical (unpaired) electrons. The fourth-order valence-corrected chi connectivity index (χ4v) is 3.98. The maximum Gasteiger partial charge on any atom is 0.0107 e. The van der Waals surface area contributed by atoms with Crippen LogP contribution in [0.5, 0.6) is 0 Å². The SMILES string of the molecule is CC(C)(C)C1CCCC(NCCN2CCCCC2)CC1. The van der Waals surface area contributed by atoms with Crippen LogP contribution in [0, 0.1) is 11.3 Å². The molecule has 2 unspecified atom stereocenters. The predicted molar refractivity (Wildman–Crippen MR) is 88.1 cm³/mol. The van der Waals surface area contributed by atoms with Gasteiger partial charge in [0, 0.05) is 19.1 Å². The molecule has 2 fully saturated rings. The Labute approximate surface area is 126 Å². The highest BCUT2D eigenvalue weighted by molar-refractivity contribution is 4.81. The van der Waals surface area contributed by atoms with Crippen LogP contribution in [0.1, 0.15) is 72.1 Å². The highest BCUT2D eigenvalue weighted by Gasteiger charge is 2.27. The van der Waals surface area contributed by atoms with Gasteiger partial charge < -0.3 is 10.2 Å². The van der Waals surface area contributed by atoms with Crippen molar-refractivity contribution in [3.8, 4) is 0 Å². The van der Waals surface area contributed by atoms with E-state index in [1.165, 1.54) is 77.5 Å². The molecule has 2 heteroatoms. The Balaban J connectivity index is 1.64. The van der Waals surface area contributed by atoms with Gasteiger partial charge in [0.2, 0.25) is 0 Å². The molecule has 2 aliphatic rings. The van der Waals surface area contributed by atoms with E-state index >= 15 is 0 Å². The minimum absolute atomic E-state index is 0.503. The van der Waals surface area contributed by atoms with Gasteiger partial charge in [0.1, 0.15) is 0 Å². The number of piperidine rings is 1. The van der Waals surface area contributed by atoms with Crippen molar-refractivity contribution in [2.24, 2.45) is 11.3 Å². The molecule has 2 atom stereocenters. The zero-order valence-corrected chi connectivity index (χ0v) is 14.1. The van der Waals surface area contributed by atoms with E-state index in [1.807, 2.05) is 0 Å². The average molecular weight is 280 g/mol. The molecule has 20 heavy (non-hydrogen) atoms. The minimum Gasteiger partial charge on any atom is -0.313 e. The molecule has 1 saturated carbocycles. The summed E-state index contributed by atoms with van der Waals surface area (Å²) in [5, 5.41) is 3.84. The number of rotatable bonds is 4. The van der Waals surface area contributed by atoms with Crippen LogP contribution in [0.3, 0.4) is 0 Å². The highest BCUT2D eigenvalue weighted by atomic mass is 15.1. The quantitative estimate of drug-likeness (QED) is 0.781. The summed E-state index contributed by atoms with van der Waals surface area (Å²) in [6.07, 6.45) is 11.3. The first-order valence-corrected chi connectivity index (χ1v) is 9.01. The molecule has 118 valence electrons. The fourth-order valence-electron chi connectivity index (χ4n) is 3.98. The van der Waals surface area contributed by atoms with Gasteiger partial charge in [-0.05, 0) is 62.9 Å². The first kappa shape index (κ1) is 16.3. The lowest BCUT2D eigenvalue weighted by atomic mass is 9.76. The van der Waals surface area contributed by atoms with Crippen LogP contribution in [-0.4, -0.2) is 37.1 Å². The lowest BCUT2D eigenvalue weighted by Crippen LogP contribution is -2.39. The summed E-state index contributed by atoms with van der Waals surface area (Å²) in [6.45, 7) is 12.4. The minimum atomic E-state index is 0.503. The molecule has 2 rings (SSSR count). The average Bonchev–Trinajstić information content (AvgIpc) is 2.65. The van der Waals surface area contributed by atoms with E-state index in [1.54, 1.807) is 0 Å². The molecule has 2 nitrogen and oxygen atoms in total. The number of nitrogens with one attached hydrogen (secondary N) is 1. The first-order chi connectivity index (χ1) is 9.55. The number of hydrogen-bond acceptors (Lipinski definition) is 2. The third-order valence-corrected chi connectivity index (χ3v) is 5.50. The summed E-state index contributed by atoms with van der Waals surface area (Å²) < 4.78 is 0. The first-order valence-electron chi connectivity index (χ1n) is 9.01. The van der Waals surface area contributed by atoms with Crippen molar-refractivity contribution in [3.63, 3.8) is 0 Å². The monoisotopic (exact) mass is 280 g/mol. The molecule has 0 bridgehead atoms. The molecule has 0 aromatic rings. The topological polar surface area (TPSA) is 15.3 Å². The van der Waals surface area contributed by atoms with Gasteiger partial charge in [-0.1, -0.05) is 33.6 Å². The van der Waals surface area contributed by atoms with Crippen LogP contribution in [0.4, 0.5) is 0 Å². The molecule has 1 aliphatic carbocycles. The molecule has 0 aromatic heterocycles. The van der Waals surface area contributed by atoms with E-state index in [4.69, 9.17) is 0 Å². The summed E-state index contributed by atoms with van der Waals surface area (Å²) in [5.74, 6) is 0.927. The smallest absolute Gasteiger partial charge is 0.0107 e. The van der Waals surface area contributed by atoms with Gasteiger partial charge in [-0.25, -0.2) is 0 Å². The van der Waals surface area contributed by atoms with E-state index in [-0.39, 0.29) is 0 Å². The summed E-state index contributed by atoms with van der Waals surface area (Å²) in [5.41, 5.74) is 0.503. The van der Waals surface area contributed by atoms with Gasteiger partial charge in [0.05, 0.1) is 0 Å². The Bertz CT molecular complexity index is 263. The van der Waals surface area contributed by atoms with Crippen molar-refractivity contribution in [3.05, 3.63) is 0 Å². The third-order valence-electron chi connectivity index (χ3n) is 5.50. The van der Waals surface area contributed by atoms with Crippen LogP contribution >= 0.6 is 0 Å². The summed E-state index contributed by atoms with van der Waals surface area (Å²) >= 11 is 0. The molecule has 0 spiro atoms. The Morgan fingerprint density at radius 3 is 2.35 bits per heavy atom. The van der Waals surface area contributed by atoms with Crippen molar-refractivity contribution in [1.82, 2.24) is 10.2 Å². The van der Waals surface area contributed by atoms with Gasteiger partial charge in [-0.15, -0.1) is 0 Å². The molecule has 1 aliphatic heterocycles. The second-order valence-corrected chi connectivity index (χ2v) is 8.12. The van der Waals surface area contributed by atoms with Crippen LogP contribution in [-0.2, 0) is 0 Å². The second kappa shape index (κ2) is 7.79. The standard InChI is InChI=1S/C18H36N2/c1-18(2,3)16-8-7-9-17(11-10-16)19-12-15-20-13-5-4-6-14-20/h16-17,19H,4-15H2,1-3H3. The van der Waals surface area contributed by atoms with Crippen molar-refractivity contribution in [2.45, 2.75) is 78.2 Å². The van der Waals surface area contributed by atoms with E-state index in [9.17, 15) is 0 Å².